The van der Waals surface area contributed by atoms with Crippen LogP contribution in [-0.2, 0) is 22.6 Å². The highest BCUT2D eigenvalue weighted by Crippen LogP contribution is 2.34. The normalized spacial score (nSPS) is 19.4. The number of hydrogen-bond acceptors (Lipinski definition) is 6. The van der Waals surface area contributed by atoms with E-state index in [2.05, 4.69) is 25.5 Å². The van der Waals surface area contributed by atoms with Gasteiger partial charge in [0.1, 0.15) is 12.4 Å². The molecule has 38 heavy (non-hydrogen) atoms. The highest BCUT2D eigenvalue weighted by Gasteiger charge is 2.45. The summed E-state index contributed by atoms with van der Waals surface area (Å²) in [5.74, 6) is -0.398. The number of hydrogen-bond donors (Lipinski definition) is 2. The Kier molecular flexibility index (Phi) is 6.32. The topological polar surface area (TPSA) is 107 Å². The Morgan fingerprint density at radius 3 is 2.82 bits per heavy atom. The van der Waals surface area contributed by atoms with E-state index in [0.717, 1.165) is 34.3 Å². The number of carbonyl (C=O) groups excluding carboxylic acids is 2. The van der Waals surface area contributed by atoms with Crippen LogP contribution in [-0.4, -0.2) is 74.6 Å². The zero-order chi connectivity index (χ0) is 26.1. The van der Waals surface area contributed by atoms with Gasteiger partial charge in [0.15, 0.2) is 0 Å². The van der Waals surface area contributed by atoms with Crippen molar-refractivity contribution < 1.29 is 14.0 Å². The number of pyridine rings is 2. The standard InChI is InChI=1S/C28H28FN7O2/c29-17-28(8-13-35(18-28)16-25(37)36-12-7-19-2-1-9-31-24(19)15-36)27(38)32-21-3-4-23-22(14-21)26(34-33-23)20-5-10-30-11-6-20/h1-6,9-11,14H,7-8,12-13,15-18H2,(H,32,38)(H,33,34). The number of alkyl halides is 1. The van der Waals surface area contributed by atoms with Gasteiger partial charge in [-0.1, -0.05) is 6.07 Å². The maximum absolute atomic E-state index is 14.4. The number of halogens is 1. The molecular weight excluding hydrogens is 485 g/mol. The van der Waals surface area contributed by atoms with Gasteiger partial charge in [-0.3, -0.25) is 29.6 Å². The van der Waals surface area contributed by atoms with Crippen molar-refractivity contribution >= 4 is 28.4 Å². The van der Waals surface area contributed by atoms with E-state index in [-0.39, 0.29) is 24.9 Å². The average molecular weight is 514 g/mol. The van der Waals surface area contributed by atoms with E-state index in [1.807, 2.05) is 41.3 Å². The van der Waals surface area contributed by atoms with Gasteiger partial charge in [0, 0.05) is 48.3 Å². The molecule has 6 rings (SSSR count). The predicted octanol–water partition coefficient (Wildman–Crippen LogP) is 3.20. The van der Waals surface area contributed by atoms with Gasteiger partial charge >= 0.3 is 0 Å². The number of likely N-dealkylation sites (tertiary alicyclic amines) is 1. The maximum atomic E-state index is 14.4. The molecule has 2 aliphatic rings. The van der Waals surface area contributed by atoms with Gasteiger partial charge < -0.3 is 10.2 Å². The monoisotopic (exact) mass is 513 g/mol. The number of aromatic nitrogens is 4. The van der Waals surface area contributed by atoms with Crippen molar-refractivity contribution in [1.82, 2.24) is 30.0 Å². The molecule has 3 aromatic heterocycles. The molecule has 1 fully saturated rings. The molecule has 0 spiro atoms. The van der Waals surface area contributed by atoms with E-state index in [1.54, 1.807) is 29.6 Å². The highest BCUT2D eigenvalue weighted by atomic mass is 19.1. The summed E-state index contributed by atoms with van der Waals surface area (Å²) in [4.78, 5) is 38.5. The Bertz CT molecular complexity index is 1490. The Morgan fingerprint density at radius 1 is 1.11 bits per heavy atom. The molecule has 1 aromatic carbocycles. The fourth-order valence-corrected chi connectivity index (χ4v) is 5.39. The Morgan fingerprint density at radius 2 is 1.97 bits per heavy atom. The first-order valence-corrected chi connectivity index (χ1v) is 12.7. The lowest BCUT2D eigenvalue weighted by atomic mass is 9.87. The highest BCUT2D eigenvalue weighted by molar-refractivity contribution is 6.00. The lowest BCUT2D eigenvalue weighted by molar-refractivity contribution is -0.134. The summed E-state index contributed by atoms with van der Waals surface area (Å²) >= 11 is 0. The molecule has 10 heteroatoms. The summed E-state index contributed by atoms with van der Waals surface area (Å²) in [5, 5.41) is 11.2. The van der Waals surface area contributed by atoms with Crippen molar-refractivity contribution in [2.75, 3.05) is 38.2 Å². The van der Waals surface area contributed by atoms with Crippen LogP contribution in [0.15, 0.2) is 61.1 Å². The van der Waals surface area contributed by atoms with Crippen LogP contribution in [0.3, 0.4) is 0 Å². The maximum Gasteiger partial charge on any atom is 0.237 e. The largest absolute Gasteiger partial charge is 0.335 e. The molecule has 2 amide bonds. The number of benzene rings is 1. The van der Waals surface area contributed by atoms with Crippen molar-refractivity contribution in [2.24, 2.45) is 5.41 Å². The van der Waals surface area contributed by atoms with Crippen LogP contribution < -0.4 is 5.32 Å². The van der Waals surface area contributed by atoms with Crippen LogP contribution in [0.4, 0.5) is 10.1 Å². The van der Waals surface area contributed by atoms with Crippen molar-refractivity contribution in [3.05, 3.63) is 72.3 Å². The van der Waals surface area contributed by atoms with Gasteiger partial charge in [-0.2, -0.15) is 5.10 Å². The number of nitrogens with one attached hydrogen (secondary N) is 2. The second-order valence-corrected chi connectivity index (χ2v) is 10.1. The van der Waals surface area contributed by atoms with Crippen molar-refractivity contribution in [3.63, 3.8) is 0 Å². The molecule has 0 radical (unpaired) electrons. The smallest absolute Gasteiger partial charge is 0.237 e. The molecular formula is C28H28FN7O2. The molecule has 5 heterocycles. The van der Waals surface area contributed by atoms with E-state index in [0.29, 0.717) is 31.7 Å². The van der Waals surface area contributed by atoms with E-state index in [1.165, 1.54) is 5.56 Å². The van der Waals surface area contributed by atoms with E-state index in [9.17, 15) is 14.0 Å². The fourth-order valence-electron chi connectivity index (χ4n) is 5.39. The summed E-state index contributed by atoms with van der Waals surface area (Å²) in [6.07, 6.45) is 6.26. The number of fused-ring (bicyclic) bond motifs is 2. The van der Waals surface area contributed by atoms with Gasteiger partial charge in [-0.15, -0.1) is 0 Å². The minimum absolute atomic E-state index is 0.0228. The summed E-state index contributed by atoms with van der Waals surface area (Å²) < 4.78 is 14.4. The van der Waals surface area contributed by atoms with Crippen LogP contribution in [0.5, 0.6) is 0 Å². The summed E-state index contributed by atoms with van der Waals surface area (Å²) in [6.45, 7) is 1.17. The number of H-pyrrole nitrogens is 1. The van der Waals surface area contributed by atoms with Crippen LogP contribution in [0, 0.1) is 5.41 Å². The summed E-state index contributed by atoms with van der Waals surface area (Å²) in [6, 6.07) is 13.2. The first-order valence-electron chi connectivity index (χ1n) is 12.7. The minimum atomic E-state index is -1.20. The van der Waals surface area contributed by atoms with Gasteiger partial charge in [0.25, 0.3) is 0 Å². The number of nitrogens with zero attached hydrogens (tertiary/aromatic N) is 5. The molecule has 1 saturated heterocycles. The van der Waals surface area contributed by atoms with Crippen LogP contribution in [0.2, 0.25) is 0 Å². The fraction of sp³-hybridized carbons (Fsp3) is 0.321. The third-order valence-electron chi connectivity index (χ3n) is 7.63. The number of carbonyl (C=O) groups is 2. The first kappa shape index (κ1) is 24.2. The molecule has 194 valence electrons. The SMILES string of the molecule is O=C(CN1CCC(CF)(C(=O)Nc2ccc3[nH]nc(-c4ccncc4)c3c2)C1)N1CCc2cccnc2C1. The van der Waals surface area contributed by atoms with Gasteiger partial charge in [0.2, 0.25) is 11.8 Å². The Balaban J connectivity index is 1.13. The number of rotatable bonds is 6. The third-order valence-corrected chi connectivity index (χ3v) is 7.63. The van der Waals surface area contributed by atoms with E-state index >= 15 is 0 Å². The molecule has 2 N–H and O–H groups in total. The quantitative estimate of drug-likeness (QED) is 0.410. The molecule has 2 aliphatic heterocycles. The van der Waals surface area contributed by atoms with Gasteiger partial charge in [-0.05, 0) is 61.3 Å². The molecule has 1 unspecified atom stereocenters. The lowest BCUT2D eigenvalue weighted by Crippen LogP contribution is -2.45. The van der Waals surface area contributed by atoms with Gasteiger partial charge in [0.05, 0.1) is 29.7 Å². The molecule has 1 atom stereocenters. The van der Waals surface area contributed by atoms with Crippen molar-refractivity contribution in [1.29, 1.82) is 0 Å². The van der Waals surface area contributed by atoms with E-state index < -0.39 is 12.1 Å². The minimum Gasteiger partial charge on any atom is -0.335 e. The Labute approximate surface area is 219 Å². The second kappa shape index (κ2) is 9.94. The number of aromatic amines is 1. The zero-order valence-electron chi connectivity index (χ0n) is 20.9. The van der Waals surface area contributed by atoms with Crippen LogP contribution in [0.1, 0.15) is 17.7 Å². The first-order chi connectivity index (χ1) is 18.5. The lowest BCUT2D eigenvalue weighted by Gasteiger charge is -2.30. The number of anilines is 1. The third kappa shape index (κ3) is 4.51. The molecule has 0 saturated carbocycles. The molecule has 4 aromatic rings. The Hall–Kier alpha value is -4.18. The van der Waals surface area contributed by atoms with Crippen molar-refractivity contribution in [3.8, 4) is 11.3 Å². The predicted molar refractivity (Wildman–Crippen MR) is 141 cm³/mol. The van der Waals surface area contributed by atoms with Crippen LogP contribution in [0.25, 0.3) is 22.2 Å². The molecule has 0 bridgehead atoms. The molecule has 0 aliphatic carbocycles. The molecule has 9 nitrogen and oxygen atoms in total. The summed E-state index contributed by atoms with van der Waals surface area (Å²) in [7, 11) is 0. The second-order valence-electron chi connectivity index (χ2n) is 10.1. The zero-order valence-corrected chi connectivity index (χ0v) is 20.9. The van der Waals surface area contributed by atoms with E-state index in [4.69, 9.17) is 0 Å². The van der Waals surface area contributed by atoms with Crippen LogP contribution >= 0.6 is 0 Å². The van der Waals surface area contributed by atoms with Crippen molar-refractivity contribution in [2.45, 2.75) is 19.4 Å². The summed E-state index contributed by atoms with van der Waals surface area (Å²) in [5.41, 5.74) is 3.95. The average Bonchev–Trinajstić information content (AvgIpc) is 3.58. The van der Waals surface area contributed by atoms with Gasteiger partial charge in [-0.25, -0.2) is 4.39 Å². The number of amides is 2.